The molecule has 0 unspecified atom stereocenters. The standard InChI is InChI=1S/C11H11NO3S2/c1-5(2)7(13)8-10(15)12(11(16)17-8)9(14)6(3)4/h15H,1,3H2,2,4H3. The van der Waals surface area contributed by atoms with Crippen LogP contribution in [-0.2, 0) is 0 Å². The van der Waals surface area contributed by atoms with Gasteiger partial charge >= 0.3 is 0 Å². The van der Waals surface area contributed by atoms with Gasteiger partial charge in [-0.15, -0.1) is 0 Å². The summed E-state index contributed by atoms with van der Waals surface area (Å²) in [6.45, 7) is 9.99. The number of ketones is 1. The number of hydrogen-bond donors (Lipinski definition) is 1. The van der Waals surface area contributed by atoms with E-state index in [-0.39, 0.29) is 20.0 Å². The van der Waals surface area contributed by atoms with Crippen LogP contribution in [0, 0.1) is 3.95 Å². The normalized spacial score (nSPS) is 10.0. The van der Waals surface area contributed by atoms with Crippen LogP contribution in [0.4, 0.5) is 0 Å². The first-order valence-electron chi connectivity index (χ1n) is 4.62. The lowest BCUT2D eigenvalue weighted by atomic mass is 10.2. The van der Waals surface area contributed by atoms with Crippen LogP contribution in [0.3, 0.4) is 0 Å². The van der Waals surface area contributed by atoms with Crippen molar-refractivity contribution >= 4 is 35.2 Å². The number of aromatic hydroxyl groups is 1. The van der Waals surface area contributed by atoms with Crippen LogP contribution in [0.5, 0.6) is 5.88 Å². The summed E-state index contributed by atoms with van der Waals surface area (Å²) in [5.41, 5.74) is 0.495. The molecule has 0 aromatic carbocycles. The molecule has 0 saturated heterocycles. The first kappa shape index (κ1) is 13.5. The molecular weight excluding hydrogens is 258 g/mol. The number of nitrogens with zero attached hydrogens (tertiary/aromatic N) is 1. The van der Waals surface area contributed by atoms with Gasteiger partial charge in [0.05, 0.1) is 0 Å². The van der Waals surface area contributed by atoms with Gasteiger partial charge in [0.25, 0.3) is 5.91 Å². The molecule has 0 atom stereocenters. The van der Waals surface area contributed by atoms with E-state index in [1.165, 1.54) is 13.8 Å². The molecule has 0 amide bonds. The molecule has 1 heterocycles. The molecule has 0 spiro atoms. The summed E-state index contributed by atoms with van der Waals surface area (Å²) in [5.74, 6) is -1.39. The summed E-state index contributed by atoms with van der Waals surface area (Å²) in [7, 11) is 0. The van der Waals surface area contributed by atoms with Gasteiger partial charge in [-0.05, 0) is 31.6 Å². The lowest BCUT2D eigenvalue weighted by Crippen LogP contribution is -2.11. The number of carbonyl (C=O) groups excluding carboxylic acids is 2. The molecule has 0 aliphatic carbocycles. The summed E-state index contributed by atoms with van der Waals surface area (Å²) in [6.07, 6.45) is 0. The molecule has 0 aliphatic heterocycles. The number of aromatic nitrogens is 1. The van der Waals surface area contributed by atoms with Crippen LogP contribution >= 0.6 is 23.6 Å². The molecule has 0 fully saturated rings. The Labute approximate surface area is 108 Å². The fourth-order valence-corrected chi connectivity index (χ4v) is 2.38. The molecule has 0 radical (unpaired) electrons. The topological polar surface area (TPSA) is 59.3 Å². The second-order valence-electron chi connectivity index (χ2n) is 3.55. The van der Waals surface area contributed by atoms with Crippen LogP contribution in [0.25, 0.3) is 0 Å². The Morgan fingerprint density at radius 3 is 2.24 bits per heavy atom. The second-order valence-corrected chi connectivity index (χ2v) is 5.20. The van der Waals surface area contributed by atoms with E-state index in [1.54, 1.807) is 0 Å². The van der Waals surface area contributed by atoms with E-state index in [9.17, 15) is 14.7 Å². The zero-order chi connectivity index (χ0) is 13.3. The van der Waals surface area contributed by atoms with E-state index in [0.717, 1.165) is 15.9 Å². The molecule has 1 N–H and O–H groups in total. The van der Waals surface area contributed by atoms with Crippen molar-refractivity contribution in [1.29, 1.82) is 0 Å². The number of hydrogen-bond acceptors (Lipinski definition) is 5. The highest BCUT2D eigenvalue weighted by Gasteiger charge is 2.22. The van der Waals surface area contributed by atoms with E-state index >= 15 is 0 Å². The molecular formula is C11H11NO3S2. The lowest BCUT2D eigenvalue weighted by Gasteiger charge is -2.02. The monoisotopic (exact) mass is 269 g/mol. The van der Waals surface area contributed by atoms with Gasteiger partial charge in [0.15, 0.2) is 3.95 Å². The van der Waals surface area contributed by atoms with Crippen molar-refractivity contribution in [2.24, 2.45) is 0 Å². The first-order chi connectivity index (χ1) is 7.77. The largest absolute Gasteiger partial charge is 0.493 e. The smallest absolute Gasteiger partial charge is 0.261 e. The zero-order valence-electron chi connectivity index (χ0n) is 9.44. The quantitative estimate of drug-likeness (QED) is 0.520. The Bertz CT molecular complexity index is 592. The Morgan fingerprint density at radius 2 is 1.82 bits per heavy atom. The van der Waals surface area contributed by atoms with E-state index < -0.39 is 17.6 Å². The van der Waals surface area contributed by atoms with E-state index in [4.69, 9.17) is 12.2 Å². The Balaban J connectivity index is 3.44. The Morgan fingerprint density at radius 1 is 1.29 bits per heavy atom. The maximum atomic E-state index is 11.7. The predicted octanol–water partition coefficient (Wildman–Crippen LogP) is 2.96. The van der Waals surface area contributed by atoms with E-state index in [2.05, 4.69) is 13.2 Å². The van der Waals surface area contributed by atoms with Gasteiger partial charge in [0, 0.05) is 5.57 Å². The van der Waals surface area contributed by atoms with Crippen molar-refractivity contribution in [2.45, 2.75) is 13.8 Å². The van der Waals surface area contributed by atoms with Crippen LogP contribution < -0.4 is 0 Å². The summed E-state index contributed by atoms with van der Waals surface area (Å²) in [5, 5.41) is 9.83. The van der Waals surface area contributed by atoms with Crippen molar-refractivity contribution < 1.29 is 14.7 Å². The van der Waals surface area contributed by atoms with Crippen LogP contribution in [0.2, 0.25) is 0 Å². The molecule has 1 aromatic rings. The van der Waals surface area contributed by atoms with Crippen molar-refractivity contribution in [3.05, 3.63) is 33.1 Å². The molecule has 0 bridgehead atoms. The molecule has 1 aromatic heterocycles. The average molecular weight is 269 g/mol. The molecule has 1 rings (SSSR count). The highest BCUT2D eigenvalue weighted by atomic mass is 32.1. The summed E-state index contributed by atoms with van der Waals surface area (Å²) in [4.78, 5) is 23.4. The van der Waals surface area contributed by atoms with Gasteiger partial charge in [-0.1, -0.05) is 24.5 Å². The molecule has 4 nitrogen and oxygen atoms in total. The third kappa shape index (κ3) is 2.42. The molecule has 6 heteroatoms. The van der Waals surface area contributed by atoms with Crippen molar-refractivity contribution in [3.8, 4) is 5.88 Å². The third-order valence-corrected chi connectivity index (χ3v) is 3.31. The number of Topliss-reactive ketones (excluding diaryl/α,β-unsaturated/α-hetero) is 1. The fraction of sp³-hybridized carbons (Fsp3) is 0.182. The van der Waals surface area contributed by atoms with Crippen LogP contribution in [0.15, 0.2) is 24.3 Å². The maximum absolute atomic E-state index is 11.7. The Kier molecular flexibility index (Phi) is 3.79. The van der Waals surface area contributed by atoms with Gasteiger partial charge in [-0.3, -0.25) is 9.59 Å². The van der Waals surface area contributed by atoms with Crippen molar-refractivity contribution in [2.75, 3.05) is 0 Å². The van der Waals surface area contributed by atoms with Gasteiger partial charge in [0.1, 0.15) is 4.88 Å². The van der Waals surface area contributed by atoms with Gasteiger partial charge < -0.3 is 5.11 Å². The Hall–Kier alpha value is -1.53. The molecule has 0 saturated carbocycles. The predicted molar refractivity (Wildman–Crippen MR) is 69.4 cm³/mol. The SMILES string of the molecule is C=C(C)C(=O)c1sc(=S)n(C(=O)C(=C)C)c1O. The van der Waals surface area contributed by atoms with Crippen molar-refractivity contribution in [3.63, 3.8) is 0 Å². The second kappa shape index (κ2) is 4.77. The summed E-state index contributed by atoms with van der Waals surface area (Å²) < 4.78 is 1.01. The minimum absolute atomic E-state index is 0.0251. The number of allylic oxidation sites excluding steroid dienone is 2. The molecule has 17 heavy (non-hydrogen) atoms. The summed E-state index contributed by atoms with van der Waals surface area (Å²) in [6, 6.07) is 0. The van der Waals surface area contributed by atoms with Gasteiger partial charge in [-0.2, -0.15) is 0 Å². The van der Waals surface area contributed by atoms with Crippen molar-refractivity contribution in [1.82, 2.24) is 4.57 Å². The van der Waals surface area contributed by atoms with Crippen LogP contribution in [0.1, 0.15) is 28.3 Å². The zero-order valence-corrected chi connectivity index (χ0v) is 11.1. The average Bonchev–Trinajstić information content (AvgIpc) is 2.52. The van der Waals surface area contributed by atoms with E-state index in [0.29, 0.717) is 0 Å². The van der Waals surface area contributed by atoms with Gasteiger partial charge in [-0.25, -0.2) is 4.57 Å². The third-order valence-electron chi connectivity index (χ3n) is 1.95. The summed E-state index contributed by atoms with van der Waals surface area (Å²) >= 11 is 5.82. The van der Waals surface area contributed by atoms with Gasteiger partial charge in [0.2, 0.25) is 11.7 Å². The number of thiazole rings is 1. The number of carbonyl (C=O) groups is 2. The fourth-order valence-electron chi connectivity index (χ4n) is 1.08. The minimum Gasteiger partial charge on any atom is -0.493 e. The minimum atomic E-state index is -0.524. The maximum Gasteiger partial charge on any atom is 0.261 e. The first-order valence-corrected chi connectivity index (χ1v) is 5.85. The van der Waals surface area contributed by atoms with Crippen LogP contribution in [-0.4, -0.2) is 21.4 Å². The highest BCUT2D eigenvalue weighted by Crippen LogP contribution is 2.28. The molecule has 90 valence electrons. The molecule has 0 aliphatic rings. The lowest BCUT2D eigenvalue weighted by molar-refractivity contribution is 0.0945. The highest BCUT2D eigenvalue weighted by molar-refractivity contribution is 7.73. The van der Waals surface area contributed by atoms with E-state index in [1.807, 2.05) is 0 Å². The number of rotatable bonds is 3.